The van der Waals surface area contributed by atoms with Crippen LogP contribution < -0.4 is 5.32 Å². The van der Waals surface area contributed by atoms with E-state index in [0.717, 1.165) is 5.56 Å². The minimum atomic E-state index is -0.509. The van der Waals surface area contributed by atoms with Gasteiger partial charge in [-0.25, -0.2) is 4.98 Å². The number of nitrogens with one attached hydrogen (secondary N) is 2. The molecule has 134 valence electrons. The topological polar surface area (TPSA) is 96.5 Å². The molecule has 3 heterocycles. The van der Waals surface area contributed by atoms with Crippen LogP contribution in [-0.2, 0) is 20.8 Å². The van der Waals surface area contributed by atoms with E-state index in [4.69, 9.17) is 14.6 Å². The van der Waals surface area contributed by atoms with Crippen LogP contribution >= 0.6 is 11.3 Å². The van der Waals surface area contributed by atoms with Crippen LogP contribution in [0.4, 0.5) is 0 Å². The normalized spacial score (nSPS) is 20.0. The quantitative estimate of drug-likeness (QED) is 0.623. The van der Waals surface area contributed by atoms with Crippen LogP contribution in [-0.4, -0.2) is 40.5 Å². The van der Waals surface area contributed by atoms with Crippen molar-refractivity contribution in [2.75, 3.05) is 13.2 Å². The van der Waals surface area contributed by atoms with Gasteiger partial charge in [-0.3, -0.25) is 4.79 Å². The fourth-order valence-electron chi connectivity index (χ4n) is 2.56. The summed E-state index contributed by atoms with van der Waals surface area (Å²) in [6, 6.07) is 2.04. The van der Waals surface area contributed by atoms with Crippen molar-refractivity contribution in [1.82, 2.24) is 15.3 Å². The van der Waals surface area contributed by atoms with Crippen LogP contribution in [0.3, 0.4) is 0 Å². The summed E-state index contributed by atoms with van der Waals surface area (Å²) < 4.78 is 11.4. The smallest absolute Gasteiger partial charge is 0.286 e. The number of carbonyl (C=O) groups excluding carboxylic acids is 1. The molecule has 7 nitrogen and oxygen atoms in total. The zero-order chi connectivity index (χ0) is 17.5. The zero-order valence-electron chi connectivity index (χ0n) is 13.7. The van der Waals surface area contributed by atoms with Crippen LogP contribution in [0.5, 0.6) is 0 Å². The summed E-state index contributed by atoms with van der Waals surface area (Å²) in [5.74, 6) is 0.688. The Bertz CT molecular complexity index is 685. The molecule has 0 aromatic carbocycles. The molecule has 8 heteroatoms. The highest BCUT2D eigenvalue weighted by Crippen LogP contribution is 2.32. The molecule has 1 aliphatic heterocycles. The van der Waals surface area contributed by atoms with Crippen molar-refractivity contribution >= 4 is 17.2 Å². The Morgan fingerprint density at radius 2 is 2.48 bits per heavy atom. The summed E-state index contributed by atoms with van der Waals surface area (Å²) in [4.78, 5) is 19.5. The fraction of sp³-hybridized carbons (Fsp3) is 0.412. The van der Waals surface area contributed by atoms with E-state index < -0.39 is 6.29 Å². The molecule has 2 aromatic heterocycles. The number of aromatic nitrogens is 2. The van der Waals surface area contributed by atoms with Gasteiger partial charge >= 0.3 is 0 Å². The van der Waals surface area contributed by atoms with Gasteiger partial charge in [0.1, 0.15) is 5.82 Å². The second kappa shape index (κ2) is 8.80. The van der Waals surface area contributed by atoms with Gasteiger partial charge in [0.2, 0.25) is 6.29 Å². The van der Waals surface area contributed by atoms with E-state index in [-0.39, 0.29) is 24.2 Å². The molecule has 25 heavy (non-hydrogen) atoms. The first kappa shape index (κ1) is 17.7. The first-order valence-electron chi connectivity index (χ1n) is 8.15. The van der Waals surface area contributed by atoms with E-state index in [2.05, 4.69) is 20.7 Å². The Morgan fingerprint density at radius 1 is 1.56 bits per heavy atom. The number of aliphatic hydroxyl groups is 1. The molecule has 0 radical (unpaired) electrons. The number of H-pyrrole nitrogens is 1. The van der Waals surface area contributed by atoms with Crippen LogP contribution in [0, 0.1) is 0 Å². The van der Waals surface area contributed by atoms with E-state index in [1.54, 1.807) is 23.7 Å². The Morgan fingerprint density at radius 3 is 3.20 bits per heavy atom. The monoisotopic (exact) mass is 363 g/mol. The lowest BCUT2D eigenvalue weighted by molar-refractivity contribution is -0.147. The van der Waals surface area contributed by atoms with Crippen molar-refractivity contribution in [3.05, 3.63) is 52.4 Å². The first-order chi connectivity index (χ1) is 12.3. The predicted octanol–water partition coefficient (Wildman–Crippen LogP) is 1.90. The number of carbonyl (C=O) groups is 1. The molecule has 0 spiro atoms. The molecule has 0 bridgehead atoms. The Balaban J connectivity index is 1.66. The summed E-state index contributed by atoms with van der Waals surface area (Å²) in [6.45, 7) is 0.748. The van der Waals surface area contributed by atoms with Crippen molar-refractivity contribution in [3.63, 3.8) is 0 Å². The molecule has 0 saturated heterocycles. The van der Waals surface area contributed by atoms with Crippen LogP contribution in [0.25, 0.3) is 0 Å². The van der Waals surface area contributed by atoms with E-state index >= 15 is 0 Å². The molecule has 0 fully saturated rings. The van der Waals surface area contributed by atoms with Gasteiger partial charge in [-0.2, -0.15) is 11.3 Å². The van der Waals surface area contributed by atoms with Gasteiger partial charge in [0, 0.05) is 31.3 Å². The van der Waals surface area contributed by atoms with Gasteiger partial charge in [0.25, 0.3) is 5.91 Å². The second-order valence-electron chi connectivity index (χ2n) is 5.64. The molecule has 1 aliphatic rings. The Labute approximate surface area is 149 Å². The van der Waals surface area contributed by atoms with Crippen LogP contribution in [0.2, 0.25) is 0 Å². The average molecular weight is 363 g/mol. The summed E-state index contributed by atoms with van der Waals surface area (Å²) in [6.07, 6.45) is 5.84. The lowest BCUT2D eigenvalue weighted by Gasteiger charge is -2.28. The third kappa shape index (κ3) is 4.91. The third-order valence-electron chi connectivity index (χ3n) is 3.83. The predicted molar refractivity (Wildman–Crippen MR) is 92.7 cm³/mol. The lowest BCUT2D eigenvalue weighted by Crippen LogP contribution is -2.33. The molecular weight excluding hydrogens is 342 g/mol. The largest absolute Gasteiger partial charge is 0.459 e. The molecule has 2 aromatic rings. The molecule has 2 atom stereocenters. The highest BCUT2D eigenvalue weighted by Gasteiger charge is 2.28. The molecule has 0 aliphatic carbocycles. The maximum absolute atomic E-state index is 12.4. The molecule has 3 rings (SSSR count). The summed E-state index contributed by atoms with van der Waals surface area (Å²) in [5, 5.41) is 15.8. The second-order valence-corrected chi connectivity index (χ2v) is 6.42. The van der Waals surface area contributed by atoms with Crippen molar-refractivity contribution in [2.24, 2.45) is 0 Å². The van der Waals surface area contributed by atoms with Crippen LogP contribution in [0.15, 0.2) is 41.1 Å². The van der Waals surface area contributed by atoms with Gasteiger partial charge in [-0.15, -0.1) is 0 Å². The van der Waals surface area contributed by atoms with Gasteiger partial charge < -0.3 is 24.9 Å². The number of thiophene rings is 1. The third-order valence-corrected chi connectivity index (χ3v) is 4.53. The number of rotatable bonds is 8. The first-order valence-corrected chi connectivity index (χ1v) is 9.10. The average Bonchev–Trinajstić information content (AvgIpc) is 3.33. The Hall–Kier alpha value is -2.16. The van der Waals surface area contributed by atoms with Crippen LogP contribution in [0.1, 0.15) is 30.1 Å². The highest BCUT2D eigenvalue weighted by atomic mass is 32.1. The van der Waals surface area contributed by atoms with E-state index in [1.165, 1.54) is 0 Å². The van der Waals surface area contributed by atoms with Crippen molar-refractivity contribution < 1.29 is 19.4 Å². The number of aliphatic hydroxyl groups excluding tert-OH is 1. The number of hydrogen-bond donors (Lipinski definition) is 3. The van der Waals surface area contributed by atoms with Crippen molar-refractivity contribution in [3.8, 4) is 0 Å². The minimum absolute atomic E-state index is 0.0588. The zero-order valence-corrected chi connectivity index (χ0v) is 14.5. The Kier molecular flexibility index (Phi) is 6.21. The summed E-state index contributed by atoms with van der Waals surface area (Å²) >= 11 is 1.62. The maximum atomic E-state index is 12.4. The number of ether oxygens (including phenoxy) is 2. The van der Waals surface area contributed by atoms with Gasteiger partial charge in [0.15, 0.2) is 5.76 Å². The summed E-state index contributed by atoms with van der Waals surface area (Å²) in [5.41, 5.74) is 1.14. The SMILES string of the molecule is O=C(NCc1ncc[nH]1)C1=C[C@@H](c2ccsc2)C[C@@H](OCCCO)O1. The number of aromatic amines is 1. The molecule has 3 N–H and O–H groups in total. The fourth-order valence-corrected chi connectivity index (χ4v) is 3.29. The highest BCUT2D eigenvalue weighted by molar-refractivity contribution is 7.08. The summed E-state index contributed by atoms with van der Waals surface area (Å²) in [7, 11) is 0. The number of amides is 1. The molecule has 0 saturated carbocycles. The molecule has 0 unspecified atom stereocenters. The maximum Gasteiger partial charge on any atom is 0.286 e. The van der Waals surface area contributed by atoms with Crippen molar-refractivity contribution in [2.45, 2.75) is 31.6 Å². The van der Waals surface area contributed by atoms with E-state index in [1.807, 2.05) is 17.5 Å². The van der Waals surface area contributed by atoms with Gasteiger partial charge in [-0.05, 0) is 34.9 Å². The van der Waals surface area contributed by atoms with Crippen molar-refractivity contribution in [1.29, 1.82) is 0 Å². The lowest BCUT2D eigenvalue weighted by atomic mass is 9.95. The van der Waals surface area contributed by atoms with Gasteiger partial charge in [-0.1, -0.05) is 0 Å². The number of imidazole rings is 1. The van der Waals surface area contributed by atoms with E-state index in [9.17, 15) is 4.79 Å². The van der Waals surface area contributed by atoms with E-state index in [0.29, 0.717) is 31.8 Å². The number of hydrogen-bond acceptors (Lipinski definition) is 6. The number of nitrogens with zero attached hydrogens (tertiary/aromatic N) is 1. The minimum Gasteiger partial charge on any atom is -0.459 e. The molecule has 1 amide bonds. The number of allylic oxidation sites excluding steroid dienone is 1. The van der Waals surface area contributed by atoms with Gasteiger partial charge in [0.05, 0.1) is 13.2 Å². The molecular formula is C17H21N3O4S. The standard InChI is InChI=1S/C17H21N3O4S/c21-5-1-6-23-16-9-13(12-2-7-25-11-12)8-14(24-16)17(22)20-10-15-18-3-4-19-15/h2-4,7-8,11,13,16,21H,1,5-6,9-10H2,(H,18,19)(H,20,22)/t13-,16+/m1/s1.